The van der Waals surface area contributed by atoms with Crippen LogP contribution in [-0.4, -0.2) is 36.2 Å². The molecule has 0 fully saturated rings. The van der Waals surface area contributed by atoms with Crippen molar-refractivity contribution in [3.8, 4) is 0 Å². The quantitative estimate of drug-likeness (QED) is 0.678. The molecule has 0 aromatic carbocycles. The van der Waals surface area contributed by atoms with Crippen molar-refractivity contribution >= 4 is 11.9 Å². The molecule has 5 heteroatoms. The van der Waals surface area contributed by atoms with Crippen LogP contribution in [0.4, 0.5) is 0 Å². The van der Waals surface area contributed by atoms with E-state index >= 15 is 0 Å². The molecule has 1 atom stereocenters. The SMILES string of the molecule is CCOCC(C)NC(=O)CC(C)(C)CC(=O)O. The third kappa shape index (κ3) is 8.68. The summed E-state index contributed by atoms with van der Waals surface area (Å²) in [5, 5.41) is 11.5. The molecule has 0 aliphatic heterocycles. The summed E-state index contributed by atoms with van der Waals surface area (Å²) in [4.78, 5) is 22.3. The van der Waals surface area contributed by atoms with Gasteiger partial charge in [-0.1, -0.05) is 13.8 Å². The number of hydrogen-bond donors (Lipinski definition) is 2. The molecule has 0 aromatic rings. The largest absolute Gasteiger partial charge is 0.481 e. The molecule has 17 heavy (non-hydrogen) atoms. The molecule has 0 saturated carbocycles. The molecule has 0 aromatic heterocycles. The van der Waals surface area contributed by atoms with E-state index in [4.69, 9.17) is 9.84 Å². The summed E-state index contributed by atoms with van der Waals surface area (Å²) in [6.45, 7) is 8.39. The summed E-state index contributed by atoms with van der Waals surface area (Å²) >= 11 is 0. The molecule has 0 saturated heterocycles. The van der Waals surface area contributed by atoms with E-state index in [1.165, 1.54) is 0 Å². The molecule has 0 aliphatic carbocycles. The zero-order chi connectivity index (χ0) is 13.5. The van der Waals surface area contributed by atoms with Gasteiger partial charge in [-0.3, -0.25) is 9.59 Å². The second-order valence-corrected chi connectivity index (χ2v) is 5.04. The lowest BCUT2D eigenvalue weighted by Gasteiger charge is -2.23. The monoisotopic (exact) mass is 245 g/mol. The van der Waals surface area contributed by atoms with E-state index in [0.29, 0.717) is 13.2 Å². The molecule has 100 valence electrons. The third-order valence-corrected chi connectivity index (χ3v) is 2.25. The van der Waals surface area contributed by atoms with Gasteiger partial charge in [-0.2, -0.15) is 0 Å². The highest BCUT2D eigenvalue weighted by Gasteiger charge is 2.25. The van der Waals surface area contributed by atoms with Crippen LogP contribution in [0.2, 0.25) is 0 Å². The van der Waals surface area contributed by atoms with Gasteiger partial charge in [0.25, 0.3) is 0 Å². The van der Waals surface area contributed by atoms with Gasteiger partial charge in [0.1, 0.15) is 0 Å². The number of rotatable bonds is 8. The second kappa shape index (κ2) is 7.27. The highest BCUT2D eigenvalue weighted by atomic mass is 16.5. The van der Waals surface area contributed by atoms with Crippen LogP contribution in [0.1, 0.15) is 40.5 Å². The Bertz CT molecular complexity index is 263. The number of carboxylic acid groups (broad SMARTS) is 1. The lowest BCUT2D eigenvalue weighted by Crippen LogP contribution is -2.38. The fraction of sp³-hybridized carbons (Fsp3) is 0.833. The maximum absolute atomic E-state index is 11.7. The van der Waals surface area contributed by atoms with Crippen LogP contribution in [0, 0.1) is 5.41 Å². The number of nitrogens with one attached hydrogen (secondary N) is 1. The first kappa shape index (κ1) is 15.9. The summed E-state index contributed by atoms with van der Waals surface area (Å²) in [6.07, 6.45) is 0.191. The van der Waals surface area contributed by atoms with Gasteiger partial charge in [0.05, 0.1) is 13.0 Å². The smallest absolute Gasteiger partial charge is 0.303 e. The summed E-state index contributed by atoms with van der Waals surface area (Å²) in [6, 6.07) is -0.0527. The minimum atomic E-state index is -0.884. The van der Waals surface area contributed by atoms with E-state index in [-0.39, 0.29) is 24.8 Å². The van der Waals surface area contributed by atoms with Crippen LogP contribution in [0.5, 0.6) is 0 Å². The molecule has 0 heterocycles. The molecule has 0 spiro atoms. The second-order valence-electron chi connectivity index (χ2n) is 5.04. The first-order chi connectivity index (χ1) is 7.76. The van der Waals surface area contributed by atoms with Gasteiger partial charge in [-0.25, -0.2) is 0 Å². The Hall–Kier alpha value is -1.10. The van der Waals surface area contributed by atoms with E-state index in [1.54, 1.807) is 13.8 Å². The summed E-state index contributed by atoms with van der Waals surface area (Å²) in [5.74, 6) is -1.02. The van der Waals surface area contributed by atoms with Crippen LogP contribution >= 0.6 is 0 Å². The predicted octanol–water partition coefficient (Wildman–Crippen LogP) is 1.42. The number of carboxylic acids is 1. The molecule has 1 amide bonds. The standard InChI is InChI=1S/C12H23NO4/c1-5-17-8-9(2)13-10(14)6-12(3,4)7-11(15)16/h9H,5-8H2,1-4H3,(H,13,14)(H,15,16). The lowest BCUT2D eigenvalue weighted by atomic mass is 9.85. The van der Waals surface area contributed by atoms with Crippen molar-refractivity contribution in [1.82, 2.24) is 5.32 Å². The first-order valence-corrected chi connectivity index (χ1v) is 5.85. The molecule has 0 aliphatic rings. The number of carbonyl (C=O) groups is 2. The van der Waals surface area contributed by atoms with Crippen molar-refractivity contribution in [2.24, 2.45) is 5.41 Å². The highest BCUT2D eigenvalue weighted by molar-refractivity contribution is 5.78. The number of hydrogen-bond acceptors (Lipinski definition) is 3. The average molecular weight is 245 g/mol. The zero-order valence-electron chi connectivity index (χ0n) is 11.1. The fourth-order valence-electron chi connectivity index (χ4n) is 1.57. The van der Waals surface area contributed by atoms with Gasteiger partial charge in [0, 0.05) is 19.1 Å². The zero-order valence-corrected chi connectivity index (χ0v) is 11.1. The van der Waals surface area contributed by atoms with E-state index in [2.05, 4.69) is 5.32 Å². The van der Waals surface area contributed by atoms with Gasteiger partial charge < -0.3 is 15.2 Å². The Balaban J connectivity index is 4.03. The molecule has 2 N–H and O–H groups in total. The molecule has 1 unspecified atom stereocenters. The van der Waals surface area contributed by atoms with Gasteiger partial charge >= 0.3 is 5.97 Å². The number of aliphatic carboxylic acids is 1. The normalized spacial score (nSPS) is 13.2. The van der Waals surface area contributed by atoms with Gasteiger partial charge in [-0.15, -0.1) is 0 Å². The predicted molar refractivity (Wildman–Crippen MR) is 64.7 cm³/mol. The van der Waals surface area contributed by atoms with E-state index < -0.39 is 11.4 Å². The van der Waals surface area contributed by atoms with Crippen molar-refractivity contribution in [2.75, 3.05) is 13.2 Å². The number of carbonyl (C=O) groups excluding carboxylic acids is 1. The maximum Gasteiger partial charge on any atom is 0.303 e. The number of ether oxygens (including phenoxy) is 1. The molecule has 5 nitrogen and oxygen atoms in total. The van der Waals surface area contributed by atoms with Gasteiger partial charge in [-0.05, 0) is 19.3 Å². The molecule has 0 rings (SSSR count). The molecule has 0 radical (unpaired) electrons. The van der Waals surface area contributed by atoms with E-state index in [1.807, 2.05) is 13.8 Å². The van der Waals surface area contributed by atoms with Gasteiger partial charge in [0.2, 0.25) is 5.91 Å². The minimum absolute atomic E-state index is 0.0136. The van der Waals surface area contributed by atoms with E-state index in [9.17, 15) is 9.59 Å². The highest BCUT2D eigenvalue weighted by Crippen LogP contribution is 2.24. The van der Waals surface area contributed by atoms with Gasteiger partial charge in [0.15, 0.2) is 0 Å². The minimum Gasteiger partial charge on any atom is -0.481 e. The van der Waals surface area contributed by atoms with Crippen molar-refractivity contribution in [1.29, 1.82) is 0 Å². The Kier molecular flexibility index (Phi) is 6.80. The van der Waals surface area contributed by atoms with Crippen molar-refractivity contribution < 1.29 is 19.4 Å². The van der Waals surface area contributed by atoms with Crippen LogP contribution in [0.3, 0.4) is 0 Å². The summed E-state index contributed by atoms with van der Waals surface area (Å²) in [7, 11) is 0. The van der Waals surface area contributed by atoms with Crippen LogP contribution in [-0.2, 0) is 14.3 Å². The van der Waals surface area contributed by atoms with Crippen LogP contribution < -0.4 is 5.32 Å². The van der Waals surface area contributed by atoms with Crippen molar-refractivity contribution in [2.45, 2.75) is 46.6 Å². The summed E-state index contributed by atoms with van der Waals surface area (Å²) < 4.78 is 5.18. The first-order valence-electron chi connectivity index (χ1n) is 5.85. The van der Waals surface area contributed by atoms with E-state index in [0.717, 1.165) is 0 Å². The van der Waals surface area contributed by atoms with Crippen LogP contribution in [0.25, 0.3) is 0 Å². The lowest BCUT2D eigenvalue weighted by molar-refractivity contribution is -0.139. The maximum atomic E-state index is 11.7. The Morgan fingerprint density at radius 2 is 1.94 bits per heavy atom. The topological polar surface area (TPSA) is 75.6 Å². The van der Waals surface area contributed by atoms with Crippen LogP contribution in [0.15, 0.2) is 0 Å². The Morgan fingerprint density at radius 3 is 2.41 bits per heavy atom. The molecular formula is C12H23NO4. The van der Waals surface area contributed by atoms with Crippen molar-refractivity contribution in [3.63, 3.8) is 0 Å². The Morgan fingerprint density at radius 1 is 1.35 bits per heavy atom. The molecular weight excluding hydrogens is 222 g/mol. The molecule has 0 bridgehead atoms. The third-order valence-electron chi connectivity index (χ3n) is 2.25. The number of amides is 1. The average Bonchev–Trinajstić information content (AvgIpc) is 2.10. The summed E-state index contributed by atoms with van der Waals surface area (Å²) in [5.41, 5.74) is -0.527. The fourth-order valence-corrected chi connectivity index (χ4v) is 1.57. The van der Waals surface area contributed by atoms with Crippen molar-refractivity contribution in [3.05, 3.63) is 0 Å². The Labute approximate surface area is 103 Å².